The lowest BCUT2D eigenvalue weighted by Crippen LogP contribution is -2.17. The van der Waals surface area contributed by atoms with Gasteiger partial charge in [-0.15, -0.1) is 5.10 Å². The van der Waals surface area contributed by atoms with Crippen LogP contribution in [0.2, 0.25) is 0 Å². The van der Waals surface area contributed by atoms with Crippen molar-refractivity contribution in [2.75, 3.05) is 7.11 Å². The van der Waals surface area contributed by atoms with Gasteiger partial charge in [0, 0.05) is 6.42 Å². The number of hydrogen-bond donors (Lipinski definition) is 1. The Bertz CT molecular complexity index is 406. The summed E-state index contributed by atoms with van der Waals surface area (Å²) in [5.74, 6) is 1.45. The van der Waals surface area contributed by atoms with Crippen LogP contribution in [0.3, 0.4) is 0 Å². The summed E-state index contributed by atoms with van der Waals surface area (Å²) in [5.41, 5.74) is 7.60. The number of rotatable bonds is 2. The van der Waals surface area contributed by atoms with Gasteiger partial charge in [0.1, 0.15) is 11.6 Å². The minimum absolute atomic E-state index is 0.604. The lowest BCUT2D eigenvalue weighted by molar-refractivity contribution is 0.415. The molecule has 0 radical (unpaired) electrons. The van der Waals surface area contributed by atoms with Gasteiger partial charge < -0.3 is 10.5 Å². The van der Waals surface area contributed by atoms with Crippen molar-refractivity contribution in [3.63, 3.8) is 0 Å². The normalized spacial score (nSPS) is 15.5. The van der Waals surface area contributed by atoms with Crippen molar-refractivity contribution in [1.82, 2.24) is 0 Å². The summed E-state index contributed by atoms with van der Waals surface area (Å²) in [6.45, 7) is 0. The molecular weight excluding hydrogens is 190 g/mol. The van der Waals surface area contributed by atoms with Crippen molar-refractivity contribution in [3.05, 3.63) is 29.8 Å². The number of benzene rings is 1. The summed E-state index contributed by atoms with van der Waals surface area (Å²) >= 11 is 0. The highest BCUT2D eigenvalue weighted by Crippen LogP contribution is 2.15. The Morgan fingerprint density at radius 3 is 2.40 bits per heavy atom. The Balaban J connectivity index is 2.23. The van der Waals surface area contributed by atoms with Gasteiger partial charge in [0.25, 0.3) is 0 Å². The van der Waals surface area contributed by atoms with E-state index >= 15 is 0 Å². The second kappa shape index (κ2) is 4.13. The van der Waals surface area contributed by atoms with Crippen LogP contribution in [0.4, 0.5) is 0 Å². The number of nitrogens with zero attached hydrogens (tertiary/aromatic N) is 2. The van der Waals surface area contributed by atoms with Crippen LogP contribution in [0.25, 0.3) is 0 Å². The molecule has 0 unspecified atom stereocenters. The predicted molar refractivity (Wildman–Crippen MR) is 60.4 cm³/mol. The molecule has 1 aromatic carbocycles. The minimum Gasteiger partial charge on any atom is -0.497 e. The molecule has 1 aromatic rings. The van der Waals surface area contributed by atoms with E-state index in [0.29, 0.717) is 5.84 Å². The van der Waals surface area contributed by atoms with Crippen molar-refractivity contribution in [3.8, 4) is 5.75 Å². The fourth-order valence-corrected chi connectivity index (χ4v) is 1.46. The van der Waals surface area contributed by atoms with Crippen LogP contribution in [0.5, 0.6) is 5.75 Å². The molecule has 0 bridgehead atoms. The lowest BCUT2D eigenvalue weighted by Gasteiger charge is -2.09. The van der Waals surface area contributed by atoms with E-state index in [2.05, 4.69) is 10.2 Å². The smallest absolute Gasteiger partial charge is 0.122 e. The zero-order valence-electron chi connectivity index (χ0n) is 8.60. The zero-order valence-corrected chi connectivity index (χ0v) is 8.60. The molecule has 78 valence electrons. The fourth-order valence-electron chi connectivity index (χ4n) is 1.46. The fraction of sp³-hybridized carbons (Fsp3) is 0.273. The molecule has 0 aromatic heterocycles. The predicted octanol–water partition coefficient (Wildman–Crippen LogP) is 1.55. The monoisotopic (exact) mass is 203 g/mol. The van der Waals surface area contributed by atoms with E-state index in [1.807, 2.05) is 24.3 Å². The maximum atomic E-state index is 5.54. The molecule has 1 aliphatic rings. The second-order valence-electron chi connectivity index (χ2n) is 3.37. The number of nitrogens with two attached hydrogens (primary N) is 1. The van der Waals surface area contributed by atoms with Gasteiger partial charge in [0.15, 0.2) is 0 Å². The summed E-state index contributed by atoms with van der Waals surface area (Å²) < 4.78 is 5.09. The Labute approximate surface area is 88.5 Å². The van der Waals surface area contributed by atoms with E-state index in [0.717, 1.165) is 29.9 Å². The first-order valence-electron chi connectivity index (χ1n) is 4.83. The quantitative estimate of drug-likeness (QED) is 0.792. The van der Waals surface area contributed by atoms with E-state index < -0.39 is 0 Å². The van der Waals surface area contributed by atoms with Gasteiger partial charge in [-0.2, -0.15) is 5.10 Å². The molecule has 0 fully saturated rings. The van der Waals surface area contributed by atoms with Crippen LogP contribution < -0.4 is 10.5 Å². The van der Waals surface area contributed by atoms with Crippen molar-refractivity contribution in [1.29, 1.82) is 0 Å². The van der Waals surface area contributed by atoms with Gasteiger partial charge in [-0.05, 0) is 36.2 Å². The summed E-state index contributed by atoms with van der Waals surface area (Å²) in [6, 6.07) is 7.79. The van der Waals surface area contributed by atoms with E-state index in [1.54, 1.807) is 7.11 Å². The average molecular weight is 203 g/mol. The summed E-state index contributed by atoms with van der Waals surface area (Å²) in [4.78, 5) is 0. The molecule has 0 saturated carbocycles. The summed E-state index contributed by atoms with van der Waals surface area (Å²) in [6.07, 6.45) is 1.63. The topological polar surface area (TPSA) is 60.0 Å². The van der Waals surface area contributed by atoms with Crippen molar-refractivity contribution < 1.29 is 4.74 Å². The molecule has 0 amide bonds. The Hall–Kier alpha value is -1.84. The molecule has 2 rings (SSSR count). The molecule has 15 heavy (non-hydrogen) atoms. The van der Waals surface area contributed by atoms with Gasteiger partial charge in [-0.3, -0.25) is 0 Å². The molecule has 2 N–H and O–H groups in total. The lowest BCUT2D eigenvalue weighted by atomic mass is 10.0. The molecule has 1 aliphatic heterocycles. The summed E-state index contributed by atoms with van der Waals surface area (Å²) in [5, 5.41) is 7.96. The van der Waals surface area contributed by atoms with Crippen molar-refractivity contribution >= 4 is 11.5 Å². The summed E-state index contributed by atoms with van der Waals surface area (Å²) in [7, 11) is 1.65. The third-order valence-electron chi connectivity index (χ3n) is 2.34. The molecule has 1 heterocycles. The highest BCUT2D eigenvalue weighted by atomic mass is 16.5. The zero-order chi connectivity index (χ0) is 10.7. The van der Waals surface area contributed by atoms with Crippen LogP contribution >= 0.6 is 0 Å². The molecule has 0 spiro atoms. The van der Waals surface area contributed by atoms with Crippen LogP contribution in [0, 0.1) is 0 Å². The Morgan fingerprint density at radius 1 is 1.13 bits per heavy atom. The third kappa shape index (κ3) is 2.15. The standard InChI is InChI=1S/C11H13N3O/c1-15-9-4-2-8(3-5-9)10-6-7-11(12)14-13-10/h2-5H,6-7H2,1H3,(H2,12,14). The van der Waals surface area contributed by atoms with E-state index in [4.69, 9.17) is 10.5 Å². The largest absolute Gasteiger partial charge is 0.497 e. The maximum absolute atomic E-state index is 5.54. The molecule has 0 saturated heterocycles. The number of methoxy groups -OCH3 is 1. The van der Waals surface area contributed by atoms with Gasteiger partial charge in [0.05, 0.1) is 12.8 Å². The highest BCUT2D eigenvalue weighted by Gasteiger charge is 2.09. The van der Waals surface area contributed by atoms with Gasteiger partial charge in [-0.25, -0.2) is 0 Å². The Kier molecular flexibility index (Phi) is 2.67. The third-order valence-corrected chi connectivity index (χ3v) is 2.34. The van der Waals surface area contributed by atoms with E-state index in [-0.39, 0.29) is 0 Å². The first-order chi connectivity index (χ1) is 7.29. The van der Waals surface area contributed by atoms with Gasteiger partial charge >= 0.3 is 0 Å². The van der Waals surface area contributed by atoms with Crippen LogP contribution in [-0.2, 0) is 0 Å². The number of hydrogen-bond acceptors (Lipinski definition) is 4. The molecule has 0 atom stereocenters. The van der Waals surface area contributed by atoms with Crippen LogP contribution in [-0.4, -0.2) is 18.7 Å². The SMILES string of the molecule is COc1ccc(C2=NN=C(N)CC2)cc1. The maximum Gasteiger partial charge on any atom is 0.122 e. The van der Waals surface area contributed by atoms with Crippen molar-refractivity contribution in [2.45, 2.75) is 12.8 Å². The number of amidine groups is 1. The van der Waals surface area contributed by atoms with Gasteiger partial charge in [-0.1, -0.05) is 0 Å². The molecular formula is C11H13N3O. The van der Waals surface area contributed by atoms with E-state index in [9.17, 15) is 0 Å². The molecule has 4 heteroatoms. The van der Waals surface area contributed by atoms with E-state index in [1.165, 1.54) is 0 Å². The molecule has 4 nitrogen and oxygen atoms in total. The van der Waals surface area contributed by atoms with Crippen LogP contribution in [0.15, 0.2) is 34.5 Å². The first-order valence-corrected chi connectivity index (χ1v) is 4.83. The van der Waals surface area contributed by atoms with Crippen molar-refractivity contribution in [2.24, 2.45) is 15.9 Å². The molecule has 0 aliphatic carbocycles. The average Bonchev–Trinajstić information content (AvgIpc) is 2.30. The van der Waals surface area contributed by atoms with Gasteiger partial charge in [0.2, 0.25) is 0 Å². The number of ether oxygens (including phenoxy) is 1. The highest BCUT2D eigenvalue weighted by molar-refractivity contribution is 6.04. The Morgan fingerprint density at radius 2 is 1.87 bits per heavy atom. The van der Waals surface area contributed by atoms with Crippen LogP contribution in [0.1, 0.15) is 18.4 Å². The second-order valence-corrected chi connectivity index (χ2v) is 3.37. The first kappa shape index (κ1) is 9.71. The minimum atomic E-state index is 0.604.